The Bertz CT molecular complexity index is 334. The van der Waals surface area contributed by atoms with E-state index in [1.807, 2.05) is 6.92 Å². The van der Waals surface area contributed by atoms with Gasteiger partial charge in [-0.15, -0.1) is 0 Å². The summed E-state index contributed by atoms with van der Waals surface area (Å²) >= 11 is 0. The van der Waals surface area contributed by atoms with Crippen LogP contribution < -0.4 is 10.1 Å². The molecule has 0 saturated carbocycles. The molecule has 0 aliphatic carbocycles. The van der Waals surface area contributed by atoms with Crippen molar-refractivity contribution in [2.45, 2.75) is 13.3 Å². The summed E-state index contributed by atoms with van der Waals surface area (Å²) in [6, 6.07) is 4.66. The van der Waals surface area contributed by atoms with Crippen molar-refractivity contribution in [3.05, 3.63) is 29.6 Å². The standard InChI is InChI=1S/C12H16FNO/c1-9-2-3-11(13)6-12(9)15-8-10-4-5-14-7-10/h2-3,6,10,14H,4-5,7-8H2,1H3. The Morgan fingerprint density at radius 2 is 2.40 bits per heavy atom. The minimum absolute atomic E-state index is 0.236. The molecule has 1 unspecified atom stereocenters. The molecule has 1 aliphatic rings. The Morgan fingerprint density at radius 3 is 3.13 bits per heavy atom. The van der Waals surface area contributed by atoms with E-state index in [1.54, 1.807) is 6.07 Å². The van der Waals surface area contributed by atoms with Gasteiger partial charge >= 0.3 is 0 Å². The van der Waals surface area contributed by atoms with Crippen molar-refractivity contribution in [2.75, 3.05) is 19.7 Å². The third-order valence-electron chi connectivity index (χ3n) is 2.79. The molecule has 1 aromatic rings. The number of benzene rings is 1. The second-order valence-corrected chi connectivity index (χ2v) is 4.08. The van der Waals surface area contributed by atoms with Gasteiger partial charge < -0.3 is 10.1 Å². The van der Waals surface area contributed by atoms with Crippen LogP contribution in [0, 0.1) is 18.7 Å². The summed E-state index contributed by atoms with van der Waals surface area (Å²) in [6.45, 7) is 4.68. The lowest BCUT2D eigenvalue weighted by Gasteiger charge is -2.12. The fourth-order valence-electron chi connectivity index (χ4n) is 1.79. The molecule has 1 heterocycles. The van der Waals surface area contributed by atoms with Gasteiger partial charge in [0.05, 0.1) is 6.61 Å². The van der Waals surface area contributed by atoms with Gasteiger partial charge in [-0.05, 0) is 31.5 Å². The number of hydrogen-bond donors (Lipinski definition) is 1. The summed E-state index contributed by atoms with van der Waals surface area (Å²) in [6.07, 6.45) is 1.15. The van der Waals surface area contributed by atoms with Crippen LogP contribution in [0.25, 0.3) is 0 Å². The highest BCUT2D eigenvalue weighted by atomic mass is 19.1. The Labute approximate surface area is 89.4 Å². The molecule has 3 heteroatoms. The van der Waals surface area contributed by atoms with Crippen LogP contribution in [0.15, 0.2) is 18.2 Å². The molecule has 82 valence electrons. The predicted octanol–water partition coefficient (Wildman–Crippen LogP) is 2.12. The summed E-state index contributed by atoms with van der Waals surface area (Å²) in [4.78, 5) is 0. The Kier molecular flexibility index (Phi) is 3.21. The van der Waals surface area contributed by atoms with Gasteiger partial charge in [0.2, 0.25) is 0 Å². The normalized spacial score (nSPS) is 20.5. The molecule has 1 fully saturated rings. The third kappa shape index (κ3) is 2.69. The number of nitrogens with one attached hydrogen (secondary N) is 1. The molecule has 1 saturated heterocycles. The molecule has 1 aromatic carbocycles. The molecule has 0 amide bonds. The van der Waals surface area contributed by atoms with Crippen molar-refractivity contribution < 1.29 is 9.13 Å². The molecule has 0 spiro atoms. The van der Waals surface area contributed by atoms with Gasteiger partial charge in [0.1, 0.15) is 11.6 Å². The highest BCUT2D eigenvalue weighted by Crippen LogP contribution is 2.20. The van der Waals surface area contributed by atoms with Gasteiger partial charge in [0, 0.05) is 18.5 Å². The third-order valence-corrected chi connectivity index (χ3v) is 2.79. The zero-order valence-corrected chi connectivity index (χ0v) is 8.92. The van der Waals surface area contributed by atoms with E-state index >= 15 is 0 Å². The smallest absolute Gasteiger partial charge is 0.126 e. The van der Waals surface area contributed by atoms with E-state index in [0.29, 0.717) is 18.3 Å². The van der Waals surface area contributed by atoms with E-state index in [2.05, 4.69) is 5.32 Å². The van der Waals surface area contributed by atoms with Gasteiger partial charge in [-0.2, -0.15) is 0 Å². The molecular weight excluding hydrogens is 193 g/mol. The predicted molar refractivity (Wildman–Crippen MR) is 57.6 cm³/mol. The van der Waals surface area contributed by atoms with Gasteiger partial charge in [-0.3, -0.25) is 0 Å². The maximum absolute atomic E-state index is 13.0. The van der Waals surface area contributed by atoms with Crippen LogP contribution in [0.5, 0.6) is 5.75 Å². The molecule has 1 atom stereocenters. The number of halogens is 1. The van der Waals surface area contributed by atoms with Gasteiger partial charge in [-0.1, -0.05) is 6.07 Å². The molecule has 0 bridgehead atoms. The summed E-state index contributed by atoms with van der Waals surface area (Å²) in [7, 11) is 0. The monoisotopic (exact) mass is 209 g/mol. The van der Waals surface area contributed by atoms with Crippen molar-refractivity contribution >= 4 is 0 Å². The maximum Gasteiger partial charge on any atom is 0.126 e. The summed E-state index contributed by atoms with van der Waals surface area (Å²) in [5.41, 5.74) is 0.988. The van der Waals surface area contributed by atoms with Gasteiger partial charge in [-0.25, -0.2) is 4.39 Å². The van der Waals surface area contributed by atoms with Gasteiger partial charge in [0.25, 0.3) is 0 Å². The van der Waals surface area contributed by atoms with Crippen LogP contribution in [0.2, 0.25) is 0 Å². The Hall–Kier alpha value is -1.09. The number of ether oxygens (including phenoxy) is 1. The van der Waals surface area contributed by atoms with Crippen molar-refractivity contribution in [2.24, 2.45) is 5.92 Å². The molecule has 2 nitrogen and oxygen atoms in total. The average molecular weight is 209 g/mol. The van der Waals surface area contributed by atoms with Crippen LogP contribution in [0.1, 0.15) is 12.0 Å². The van der Waals surface area contributed by atoms with Crippen molar-refractivity contribution in [3.63, 3.8) is 0 Å². The first-order chi connectivity index (χ1) is 7.25. The second-order valence-electron chi connectivity index (χ2n) is 4.08. The number of hydrogen-bond acceptors (Lipinski definition) is 2. The van der Waals surface area contributed by atoms with Crippen LogP contribution in [-0.4, -0.2) is 19.7 Å². The lowest BCUT2D eigenvalue weighted by molar-refractivity contribution is 0.257. The van der Waals surface area contributed by atoms with Crippen LogP contribution in [-0.2, 0) is 0 Å². The lowest BCUT2D eigenvalue weighted by Crippen LogP contribution is -2.15. The first-order valence-corrected chi connectivity index (χ1v) is 5.35. The van der Waals surface area contributed by atoms with Crippen molar-refractivity contribution in [1.29, 1.82) is 0 Å². The van der Waals surface area contributed by atoms with E-state index in [1.165, 1.54) is 12.1 Å². The van der Waals surface area contributed by atoms with Crippen LogP contribution in [0.4, 0.5) is 4.39 Å². The Morgan fingerprint density at radius 1 is 1.53 bits per heavy atom. The number of aryl methyl sites for hydroxylation is 1. The van der Waals surface area contributed by atoms with Crippen LogP contribution in [0.3, 0.4) is 0 Å². The van der Waals surface area contributed by atoms with E-state index in [9.17, 15) is 4.39 Å². The van der Waals surface area contributed by atoms with E-state index in [0.717, 1.165) is 25.1 Å². The molecule has 0 radical (unpaired) electrons. The van der Waals surface area contributed by atoms with E-state index in [4.69, 9.17) is 4.74 Å². The largest absolute Gasteiger partial charge is 0.493 e. The summed E-state index contributed by atoms with van der Waals surface area (Å²) in [5, 5.41) is 3.28. The maximum atomic E-state index is 13.0. The molecule has 15 heavy (non-hydrogen) atoms. The summed E-state index contributed by atoms with van der Waals surface area (Å²) in [5.74, 6) is 0.995. The lowest BCUT2D eigenvalue weighted by atomic mass is 10.1. The van der Waals surface area contributed by atoms with E-state index < -0.39 is 0 Å². The first kappa shape index (κ1) is 10.4. The average Bonchev–Trinajstić information content (AvgIpc) is 2.72. The molecule has 1 N–H and O–H groups in total. The molecule has 0 aromatic heterocycles. The zero-order valence-electron chi connectivity index (χ0n) is 8.92. The van der Waals surface area contributed by atoms with Crippen molar-refractivity contribution in [1.82, 2.24) is 5.32 Å². The molecular formula is C12H16FNO. The second kappa shape index (κ2) is 4.62. The topological polar surface area (TPSA) is 21.3 Å². The Balaban J connectivity index is 1.94. The SMILES string of the molecule is Cc1ccc(F)cc1OCC1CCNC1. The highest BCUT2D eigenvalue weighted by molar-refractivity contribution is 5.32. The first-order valence-electron chi connectivity index (χ1n) is 5.35. The van der Waals surface area contributed by atoms with Crippen LogP contribution >= 0.6 is 0 Å². The van der Waals surface area contributed by atoms with E-state index in [-0.39, 0.29) is 5.82 Å². The fourth-order valence-corrected chi connectivity index (χ4v) is 1.79. The van der Waals surface area contributed by atoms with Gasteiger partial charge in [0.15, 0.2) is 0 Å². The molecule has 1 aliphatic heterocycles. The fraction of sp³-hybridized carbons (Fsp3) is 0.500. The quantitative estimate of drug-likeness (QED) is 0.823. The number of rotatable bonds is 3. The minimum atomic E-state index is -0.236. The summed E-state index contributed by atoms with van der Waals surface area (Å²) < 4.78 is 18.6. The molecule has 2 rings (SSSR count). The highest BCUT2D eigenvalue weighted by Gasteiger charge is 2.15. The van der Waals surface area contributed by atoms with Crippen molar-refractivity contribution in [3.8, 4) is 5.75 Å². The minimum Gasteiger partial charge on any atom is -0.493 e. The zero-order chi connectivity index (χ0) is 10.7.